The van der Waals surface area contributed by atoms with Crippen LogP contribution in [-0.4, -0.2) is 29.5 Å². The molecule has 0 spiro atoms. The summed E-state index contributed by atoms with van der Waals surface area (Å²) in [5.74, 6) is 3.50. The molecule has 2 aromatic heterocycles. The molecule has 6 nitrogen and oxygen atoms in total. The molecule has 21 heavy (non-hydrogen) atoms. The molecule has 0 aliphatic carbocycles. The maximum Gasteiger partial charge on any atom is 0.156 e. The van der Waals surface area contributed by atoms with E-state index in [1.54, 1.807) is 0 Å². The average molecular weight is 290 g/mol. The lowest BCUT2D eigenvalue weighted by Gasteiger charge is -2.13. The highest BCUT2D eigenvalue weighted by Gasteiger charge is 2.23. The molecule has 116 valence electrons. The number of hydrogen-bond donors (Lipinski definition) is 0. The zero-order valence-corrected chi connectivity index (χ0v) is 14.4. The Balaban J connectivity index is 2.31. The number of hydrogen-bond acceptors (Lipinski definition) is 4. The summed E-state index contributed by atoms with van der Waals surface area (Å²) < 4.78 is 3.77. The standard InChI is InChI=1S/C15H26N6/c1-10-16-12(14(3,4)5)18-20(10)9-21-11(2)17-13(19-21)15(6,7)8/h9H2,1-8H3. The van der Waals surface area contributed by atoms with E-state index in [0.29, 0.717) is 6.67 Å². The highest BCUT2D eigenvalue weighted by atomic mass is 15.5. The van der Waals surface area contributed by atoms with Gasteiger partial charge in [-0.3, -0.25) is 0 Å². The lowest BCUT2D eigenvalue weighted by molar-refractivity contribution is 0.454. The molecule has 0 aliphatic heterocycles. The molecule has 2 heterocycles. The van der Waals surface area contributed by atoms with E-state index in [1.165, 1.54) is 0 Å². The van der Waals surface area contributed by atoms with Gasteiger partial charge in [0, 0.05) is 10.8 Å². The minimum atomic E-state index is -0.0516. The van der Waals surface area contributed by atoms with Gasteiger partial charge in [-0.05, 0) is 13.8 Å². The van der Waals surface area contributed by atoms with E-state index in [0.717, 1.165) is 23.3 Å². The topological polar surface area (TPSA) is 61.4 Å². The molecule has 0 fully saturated rings. The predicted molar refractivity (Wildman–Crippen MR) is 82.3 cm³/mol. The molecule has 0 aromatic carbocycles. The van der Waals surface area contributed by atoms with Crippen molar-refractivity contribution in [2.75, 3.05) is 0 Å². The van der Waals surface area contributed by atoms with Gasteiger partial charge >= 0.3 is 0 Å². The van der Waals surface area contributed by atoms with Crippen LogP contribution in [0.15, 0.2) is 0 Å². The van der Waals surface area contributed by atoms with E-state index in [-0.39, 0.29) is 10.8 Å². The van der Waals surface area contributed by atoms with Crippen LogP contribution >= 0.6 is 0 Å². The Morgan fingerprint density at radius 3 is 1.29 bits per heavy atom. The molecule has 0 aliphatic rings. The van der Waals surface area contributed by atoms with Crippen LogP contribution in [0.1, 0.15) is 64.8 Å². The van der Waals surface area contributed by atoms with Gasteiger partial charge in [0.05, 0.1) is 0 Å². The zero-order valence-electron chi connectivity index (χ0n) is 14.4. The summed E-state index contributed by atoms with van der Waals surface area (Å²) >= 11 is 0. The third kappa shape index (κ3) is 3.31. The second-order valence-corrected chi connectivity index (χ2v) is 7.61. The molecule has 0 atom stereocenters. The summed E-state index contributed by atoms with van der Waals surface area (Å²) in [4.78, 5) is 9.11. The highest BCUT2D eigenvalue weighted by Crippen LogP contribution is 2.20. The number of aryl methyl sites for hydroxylation is 2. The van der Waals surface area contributed by atoms with Gasteiger partial charge in [0.1, 0.15) is 18.3 Å². The monoisotopic (exact) mass is 290 g/mol. The first kappa shape index (κ1) is 15.7. The Bertz CT molecular complexity index is 580. The van der Waals surface area contributed by atoms with Crippen LogP contribution in [0.3, 0.4) is 0 Å². The number of aromatic nitrogens is 6. The SMILES string of the molecule is Cc1nc(C(C)(C)C)nn1Cn1nc(C(C)(C)C)nc1C. The van der Waals surface area contributed by atoms with Crippen LogP contribution in [0, 0.1) is 13.8 Å². The Kier molecular flexibility index (Phi) is 3.68. The second kappa shape index (κ2) is 4.93. The summed E-state index contributed by atoms with van der Waals surface area (Å²) in [6.45, 7) is 17.2. The van der Waals surface area contributed by atoms with Crippen LogP contribution in [0.4, 0.5) is 0 Å². The van der Waals surface area contributed by atoms with Crippen LogP contribution in [0.25, 0.3) is 0 Å². The van der Waals surface area contributed by atoms with Crippen molar-refractivity contribution < 1.29 is 0 Å². The molecule has 0 unspecified atom stereocenters. The average Bonchev–Trinajstić information content (AvgIpc) is 2.84. The molecule has 0 N–H and O–H groups in total. The first-order valence-corrected chi connectivity index (χ1v) is 7.32. The van der Waals surface area contributed by atoms with Gasteiger partial charge in [-0.15, -0.1) is 0 Å². The van der Waals surface area contributed by atoms with Crippen molar-refractivity contribution in [3.63, 3.8) is 0 Å². The van der Waals surface area contributed by atoms with Gasteiger partial charge < -0.3 is 0 Å². The lowest BCUT2D eigenvalue weighted by Crippen LogP contribution is -2.18. The van der Waals surface area contributed by atoms with E-state index < -0.39 is 0 Å². The van der Waals surface area contributed by atoms with Gasteiger partial charge in [-0.1, -0.05) is 41.5 Å². The van der Waals surface area contributed by atoms with Crippen LogP contribution < -0.4 is 0 Å². The minimum Gasteiger partial charge on any atom is -0.228 e. The quantitative estimate of drug-likeness (QED) is 0.853. The van der Waals surface area contributed by atoms with Crippen molar-refractivity contribution >= 4 is 0 Å². The molecule has 2 aromatic rings. The molecule has 0 radical (unpaired) electrons. The van der Waals surface area contributed by atoms with Gasteiger partial charge in [0.25, 0.3) is 0 Å². The van der Waals surface area contributed by atoms with Gasteiger partial charge in [-0.25, -0.2) is 19.3 Å². The van der Waals surface area contributed by atoms with Gasteiger partial charge in [-0.2, -0.15) is 10.2 Å². The van der Waals surface area contributed by atoms with E-state index >= 15 is 0 Å². The first-order valence-electron chi connectivity index (χ1n) is 7.32. The summed E-state index contributed by atoms with van der Waals surface area (Å²) in [7, 11) is 0. The first-order chi connectivity index (χ1) is 9.48. The van der Waals surface area contributed by atoms with Crippen molar-refractivity contribution in [1.29, 1.82) is 0 Å². The molecular weight excluding hydrogens is 264 g/mol. The van der Waals surface area contributed by atoms with Crippen LogP contribution in [0.2, 0.25) is 0 Å². The second-order valence-electron chi connectivity index (χ2n) is 7.61. The third-order valence-corrected chi connectivity index (χ3v) is 3.32. The fraction of sp³-hybridized carbons (Fsp3) is 0.733. The van der Waals surface area contributed by atoms with Crippen molar-refractivity contribution in [2.24, 2.45) is 0 Å². The van der Waals surface area contributed by atoms with Crippen LogP contribution in [0.5, 0.6) is 0 Å². The number of rotatable bonds is 2. The molecule has 6 heteroatoms. The summed E-state index contributed by atoms with van der Waals surface area (Å²) in [5.41, 5.74) is -0.103. The molecule has 0 saturated heterocycles. The normalized spacial score (nSPS) is 13.0. The predicted octanol–water partition coefficient (Wildman–Crippen LogP) is 2.59. The fourth-order valence-corrected chi connectivity index (χ4v) is 1.87. The zero-order chi connectivity index (χ0) is 16.0. The molecular formula is C15H26N6. The lowest BCUT2D eigenvalue weighted by atomic mass is 9.96. The smallest absolute Gasteiger partial charge is 0.156 e. The van der Waals surface area contributed by atoms with Gasteiger partial charge in [0.2, 0.25) is 0 Å². The molecule has 0 saturated carbocycles. The Labute approximate surface area is 126 Å². The van der Waals surface area contributed by atoms with Crippen LogP contribution in [-0.2, 0) is 17.5 Å². The fourth-order valence-electron chi connectivity index (χ4n) is 1.87. The molecule has 0 amide bonds. The Morgan fingerprint density at radius 2 is 1.05 bits per heavy atom. The van der Waals surface area contributed by atoms with Crippen molar-refractivity contribution in [3.8, 4) is 0 Å². The van der Waals surface area contributed by atoms with E-state index in [4.69, 9.17) is 0 Å². The van der Waals surface area contributed by atoms with E-state index in [1.807, 2.05) is 23.2 Å². The van der Waals surface area contributed by atoms with Crippen molar-refractivity contribution in [3.05, 3.63) is 23.3 Å². The van der Waals surface area contributed by atoms with Gasteiger partial charge in [0.15, 0.2) is 11.6 Å². The molecule has 0 bridgehead atoms. The number of nitrogens with zero attached hydrogens (tertiary/aromatic N) is 6. The maximum atomic E-state index is 4.61. The van der Waals surface area contributed by atoms with Crippen molar-refractivity contribution in [2.45, 2.75) is 72.9 Å². The largest absolute Gasteiger partial charge is 0.228 e. The summed E-state index contributed by atoms with van der Waals surface area (Å²) in [6.07, 6.45) is 0. The highest BCUT2D eigenvalue weighted by molar-refractivity contribution is 5.04. The Hall–Kier alpha value is -1.72. The van der Waals surface area contributed by atoms with Crippen molar-refractivity contribution in [1.82, 2.24) is 29.5 Å². The minimum absolute atomic E-state index is 0.0516. The Morgan fingerprint density at radius 1 is 0.714 bits per heavy atom. The molecule has 2 rings (SSSR count). The summed E-state index contributed by atoms with van der Waals surface area (Å²) in [5, 5.41) is 9.21. The maximum absolute atomic E-state index is 4.61. The third-order valence-electron chi connectivity index (χ3n) is 3.32. The van der Waals surface area contributed by atoms with E-state index in [2.05, 4.69) is 61.7 Å². The summed E-state index contributed by atoms with van der Waals surface area (Å²) in [6, 6.07) is 0. The van der Waals surface area contributed by atoms with E-state index in [9.17, 15) is 0 Å².